The summed E-state index contributed by atoms with van der Waals surface area (Å²) in [7, 11) is -1.14. The van der Waals surface area contributed by atoms with Crippen LogP contribution in [0.25, 0.3) is 0 Å². The molecule has 1 aliphatic heterocycles. The molecule has 1 aliphatic rings. The van der Waals surface area contributed by atoms with Gasteiger partial charge in [-0.1, -0.05) is 80.4 Å². The minimum atomic E-state index is -3.71. The molecule has 2 atom stereocenters. The smallest absolute Gasteiger partial charge is 0.395 e. The van der Waals surface area contributed by atoms with Crippen LogP contribution in [0.3, 0.4) is 0 Å². The number of cyclic esters (lactones) is 1. The van der Waals surface area contributed by atoms with Gasteiger partial charge in [0.05, 0.1) is 0 Å². The van der Waals surface area contributed by atoms with Crippen molar-refractivity contribution >= 4 is 13.6 Å². The first-order chi connectivity index (χ1) is 14.0. The molecular weight excluding hydrogens is 387 g/mol. The summed E-state index contributed by atoms with van der Waals surface area (Å²) in [6.45, 7) is 2.09. The molecule has 0 bridgehead atoms. The second-order valence-electron chi connectivity index (χ2n) is 7.09. The molecule has 0 amide bonds. The fourth-order valence-electron chi connectivity index (χ4n) is 3.97. The van der Waals surface area contributed by atoms with Gasteiger partial charge in [-0.2, -0.15) is 0 Å². The molecule has 1 heterocycles. The maximum Gasteiger partial charge on any atom is 0.395 e. The van der Waals surface area contributed by atoms with Crippen molar-refractivity contribution in [1.29, 1.82) is 0 Å². The molecule has 154 valence electrons. The number of benzene rings is 2. The molecular formula is C23H27O5P. The van der Waals surface area contributed by atoms with Crippen molar-refractivity contribution in [3.8, 4) is 0 Å². The Labute approximate surface area is 172 Å². The number of carbonyl (C=O) groups excluding carboxylic acids is 1. The van der Waals surface area contributed by atoms with E-state index in [1.807, 2.05) is 60.7 Å². The number of hydrogen-bond donors (Lipinski definition) is 0. The standard InChI is InChI=1S/C23H27O5P/c1-4-5-16-23(19-14-10-7-11-15-19)20(18-12-8-6-9-13-18)17-21(28-22(23)24)29(25,26-2)27-3/h6-15,17,20H,4-5,16H2,1-3H3/t20-,23+/m1/s1. The second kappa shape index (κ2) is 9.08. The Morgan fingerprint density at radius 1 is 1.00 bits per heavy atom. The average molecular weight is 414 g/mol. The number of rotatable bonds is 8. The monoisotopic (exact) mass is 414 g/mol. The third kappa shape index (κ3) is 3.95. The van der Waals surface area contributed by atoms with Crippen LogP contribution in [0, 0.1) is 0 Å². The van der Waals surface area contributed by atoms with Crippen molar-refractivity contribution < 1.29 is 23.1 Å². The highest BCUT2D eigenvalue weighted by atomic mass is 31.2. The highest BCUT2D eigenvalue weighted by Crippen LogP contribution is 2.60. The van der Waals surface area contributed by atoms with Gasteiger partial charge in [-0.25, -0.2) is 0 Å². The highest BCUT2D eigenvalue weighted by molar-refractivity contribution is 7.58. The van der Waals surface area contributed by atoms with Crippen LogP contribution in [0.5, 0.6) is 0 Å². The molecule has 0 N–H and O–H groups in total. The zero-order valence-corrected chi connectivity index (χ0v) is 17.9. The predicted octanol–water partition coefficient (Wildman–Crippen LogP) is 5.78. The van der Waals surface area contributed by atoms with E-state index in [-0.39, 0.29) is 11.4 Å². The molecule has 0 aliphatic carbocycles. The average Bonchev–Trinajstić information content (AvgIpc) is 2.78. The number of hydrogen-bond acceptors (Lipinski definition) is 5. The summed E-state index contributed by atoms with van der Waals surface area (Å²) in [5.41, 5.74) is 0.853. The van der Waals surface area contributed by atoms with Crippen LogP contribution in [0.15, 0.2) is 72.2 Å². The van der Waals surface area contributed by atoms with Crippen molar-refractivity contribution in [2.75, 3.05) is 14.2 Å². The summed E-state index contributed by atoms with van der Waals surface area (Å²) in [5.74, 6) is -0.801. The van der Waals surface area contributed by atoms with E-state index < -0.39 is 19.0 Å². The molecule has 0 radical (unpaired) electrons. The summed E-state index contributed by atoms with van der Waals surface area (Å²) < 4.78 is 28.9. The fraction of sp³-hybridized carbons (Fsp3) is 0.348. The van der Waals surface area contributed by atoms with Gasteiger partial charge in [-0.15, -0.1) is 0 Å². The molecule has 2 aromatic rings. The molecule has 0 saturated carbocycles. The topological polar surface area (TPSA) is 61.8 Å². The third-order valence-electron chi connectivity index (χ3n) is 5.52. The van der Waals surface area contributed by atoms with Gasteiger partial charge in [-0.05, 0) is 23.6 Å². The Morgan fingerprint density at radius 2 is 1.59 bits per heavy atom. The molecule has 3 rings (SSSR count). The molecule has 29 heavy (non-hydrogen) atoms. The van der Waals surface area contributed by atoms with E-state index in [4.69, 9.17) is 13.8 Å². The lowest BCUT2D eigenvalue weighted by atomic mass is 9.64. The first-order valence-corrected chi connectivity index (χ1v) is 11.3. The minimum absolute atomic E-state index is 0.0515. The molecule has 0 fully saturated rings. The maximum atomic E-state index is 13.6. The van der Waals surface area contributed by atoms with Crippen molar-refractivity contribution in [3.63, 3.8) is 0 Å². The van der Waals surface area contributed by atoms with Crippen LogP contribution in [0.4, 0.5) is 0 Å². The van der Waals surface area contributed by atoms with E-state index in [2.05, 4.69) is 6.92 Å². The summed E-state index contributed by atoms with van der Waals surface area (Å²) >= 11 is 0. The van der Waals surface area contributed by atoms with Gasteiger partial charge in [0.2, 0.25) is 5.50 Å². The van der Waals surface area contributed by atoms with E-state index in [9.17, 15) is 9.36 Å². The maximum absolute atomic E-state index is 13.6. The summed E-state index contributed by atoms with van der Waals surface area (Å²) in [5, 5.41) is 0. The Bertz CT molecular complexity index is 901. The Hall–Kier alpha value is -2.20. The van der Waals surface area contributed by atoms with Crippen LogP contribution < -0.4 is 0 Å². The fourth-order valence-corrected chi connectivity index (χ4v) is 5.00. The summed E-state index contributed by atoms with van der Waals surface area (Å²) in [6, 6.07) is 19.4. The zero-order chi connectivity index (χ0) is 20.9. The molecule has 5 nitrogen and oxygen atoms in total. The zero-order valence-electron chi connectivity index (χ0n) is 17.0. The third-order valence-corrected chi connectivity index (χ3v) is 7.27. The van der Waals surface area contributed by atoms with Gasteiger partial charge in [0.15, 0.2) is 0 Å². The lowest BCUT2D eigenvalue weighted by Gasteiger charge is -2.41. The van der Waals surface area contributed by atoms with Crippen LogP contribution in [-0.4, -0.2) is 20.2 Å². The summed E-state index contributed by atoms with van der Waals surface area (Å²) in [6.07, 6.45) is 4.14. The number of carbonyl (C=O) groups is 1. The van der Waals surface area contributed by atoms with Crippen molar-refractivity contribution in [3.05, 3.63) is 83.4 Å². The van der Waals surface area contributed by atoms with Gasteiger partial charge in [0, 0.05) is 20.1 Å². The Kier molecular flexibility index (Phi) is 6.74. The first kappa shape index (κ1) is 21.5. The van der Waals surface area contributed by atoms with Crippen molar-refractivity contribution in [1.82, 2.24) is 0 Å². The number of ether oxygens (including phenoxy) is 1. The van der Waals surface area contributed by atoms with Crippen LogP contribution >= 0.6 is 7.60 Å². The van der Waals surface area contributed by atoms with Crippen LogP contribution in [-0.2, 0) is 28.6 Å². The number of allylic oxidation sites excluding steroid dienone is 1. The van der Waals surface area contributed by atoms with Gasteiger partial charge in [-0.3, -0.25) is 9.36 Å². The number of unbranched alkanes of at least 4 members (excludes halogenated alkanes) is 1. The van der Waals surface area contributed by atoms with E-state index in [1.54, 1.807) is 6.08 Å². The number of esters is 1. The molecule has 0 unspecified atom stereocenters. The molecule has 2 aromatic carbocycles. The van der Waals surface area contributed by atoms with Gasteiger partial charge in [0.1, 0.15) is 5.41 Å². The van der Waals surface area contributed by atoms with Gasteiger partial charge < -0.3 is 13.8 Å². The SMILES string of the molecule is CCCC[C@@]1(c2ccccc2)C(=O)OC(P(=O)(OC)OC)=C[C@@H]1c1ccccc1. The van der Waals surface area contributed by atoms with E-state index >= 15 is 0 Å². The summed E-state index contributed by atoms with van der Waals surface area (Å²) in [4.78, 5) is 13.6. The molecule has 6 heteroatoms. The lowest BCUT2D eigenvalue weighted by Crippen LogP contribution is -2.45. The van der Waals surface area contributed by atoms with Crippen LogP contribution in [0.2, 0.25) is 0 Å². The quantitative estimate of drug-likeness (QED) is 0.405. The molecule has 0 aromatic heterocycles. The largest absolute Gasteiger partial charge is 0.417 e. The van der Waals surface area contributed by atoms with Gasteiger partial charge >= 0.3 is 13.6 Å². The van der Waals surface area contributed by atoms with Crippen molar-refractivity contribution in [2.45, 2.75) is 37.5 Å². The predicted molar refractivity (Wildman–Crippen MR) is 113 cm³/mol. The minimum Gasteiger partial charge on any atom is -0.417 e. The van der Waals surface area contributed by atoms with E-state index in [0.717, 1.165) is 24.0 Å². The highest BCUT2D eigenvalue weighted by Gasteiger charge is 2.53. The van der Waals surface area contributed by atoms with E-state index in [1.165, 1.54) is 14.2 Å². The Morgan fingerprint density at radius 3 is 2.14 bits per heavy atom. The van der Waals surface area contributed by atoms with E-state index in [0.29, 0.717) is 6.42 Å². The normalized spacial score (nSPS) is 22.1. The lowest BCUT2D eigenvalue weighted by molar-refractivity contribution is -0.148. The first-order valence-electron chi connectivity index (χ1n) is 9.78. The molecule has 0 saturated heterocycles. The van der Waals surface area contributed by atoms with Gasteiger partial charge in [0.25, 0.3) is 0 Å². The van der Waals surface area contributed by atoms with Crippen molar-refractivity contribution in [2.24, 2.45) is 0 Å². The Balaban J connectivity index is 2.26. The molecule has 0 spiro atoms. The van der Waals surface area contributed by atoms with Crippen LogP contribution in [0.1, 0.15) is 43.2 Å². The second-order valence-corrected chi connectivity index (χ2v) is 9.25.